The van der Waals surface area contributed by atoms with Gasteiger partial charge in [0.1, 0.15) is 0 Å². The molecule has 0 bridgehead atoms. The van der Waals surface area contributed by atoms with Gasteiger partial charge in [-0.3, -0.25) is 4.90 Å². The Labute approximate surface area is 119 Å². The molecule has 0 aromatic heterocycles. The summed E-state index contributed by atoms with van der Waals surface area (Å²) in [7, 11) is 0. The van der Waals surface area contributed by atoms with Crippen molar-refractivity contribution in [3.63, 3.8) is 0 Å². The molecule has 108 valence electrons. The topological polar surface area (TPSA) is 61.6 Å². The van der Waals surface area contributed by atoms with E-state index in [-0.39, 0.29) is 6.03 Å². The summed E-state index contributed by atoms with van der Waals surface area (Å²) in [5.41, 5.74) is 7.85. The van der Waals surface area contributed by atoms with Gasteiger partial charge in [-0.2, -0.15) is 0 Å². The van der Waals surface area contributed by atoms with Crippen LogP contribution in [0.5, 0.6) is 0 Å². The van der Waals surface area contributed by atoms with E-state index in [4.69, 9.17) is 5.73 Å². The first-order valence-corrected chi connectivity index (χ1v) is 7.33. The molecule has 0 aliphatic carbocycles. The number of nitrogens with one attached hydrogen (secondary N) is 1. The van der Waals surface area contributed by atoms with Crippen LogP contribution >= 0.6 is 0 Å². The summed E-state index contributed by atoms with van der Waals surface area (Å²) in [6.07, 6.45) is 2.24. The van der Waals surface area contributed by atoms with Gasteiger partial charge in [-0.15, -0.1) is 0 Å². The number of hydrogen-bond donors (Lipinski definition) is 2. The molecule has 2 heterocycles. The fourth-order valence-electron chi connectivity index (χ4n) is 3.06. The van der Waals surface area contributed by atoms with Crippen molar-refractivity contribution in [1.29, 1.82) is 0 Å². The van der Waals surface area contributed by atoms with Gasteiger partial charge in [-0.25, -0.2) is 4.79 Å². The average molecular weight is 274 g/mol. The largest absolute Gasteiger partial charge is 0.399 e. The maximum atomic E-state index is 11.5. The van der Waals surface area contributed by atoms with Gasteiger partial charge < -0.3 is 16.0 Å². The zero-order valence-electron chi connectivity index (χ0n) is 11.7. The van der Waals surface area contributed by atoms with E-state index in [2.05, 4.69) is 22.3 Å². The predicted molar refractivity (Wildman–Crippen MR) is 79.5 cm³/mol. The van der Waals surface area contributed by atoms with Gasteiger partial charge in [0.2, 0.25) is 0 Å². The standard InChI is InChI=1S/C15H22N4O/c16-13-5-3-12(4-6-13)2-1-7-18-8-9-19-14(11-18)10-17-15(19)20/h3-6,14H,1-2,7-11,16H2,(H,17,20). The third kappa shape index (κ3) is 2.88. The van der Waals surface area contributed by atoms with Gasteiger partial charge in [-0.05, 0) is 37.1 Å². The van der Waals surface area contributed by atoms with E-state index in [0.29, 0.717) is 6.04 Å². The van der Waals surface area contributed by atoms with Crippen molar-refractivity contribution in [3.05, 3.63) is 29.8 Å². The maximum absolute atomic E-state index is 11.5. The summed E-state index contributed by atoms with van der Waals surface area (Å²) in [4.78, 5) is 16.0. The highest BCUT2D eigenvalue weighted by Gasteiger charge is 2.34. The van der Waals surface area contributed by atoms with Gasteiger partial charge in [0.15, 0.2) is 0 Å². The number of hydrogen-bond acceptors (Lipinski definition) is 3. The van der Waals surface area contributed by atoms with E-state index in [1.807, 2.05) is 17.0 Å². The molecule has 3 rings (SSSR count). The molecule has 20 heavy (non-hydrogen) atoms. The molecule has 0 radical (unpaired) electrons. The Hall–Kier alpha value is -1.75. The second kappa shape index (κ2) is 5.71. The predicted octanol–water partition coefficient (Wildman–Crippen LogP) is 0.911. The monoisotopic (exact) mass is 274 g/mol. The second-order valence-electron chi connectivity index (χ2n) is 5.68. The lowest BCUT2D eigenvalue weighted by Crippen LogP contribution is -2.52. The van der Waals surface area contributed by atoms with Crippen LogP contribution in [-0.4, -0.2) is 54.6 Å². The van der Waals surface area contributed by atoms with E-state index in [9.17, 15) is 4.79 Å². The van der Waals surface area contributed by atoms with Crippen LogP contribution in [-0.2, 0) is 6.42 Å². The van der Waals surface area contributed by atoms with E-state index in [1.54, 1.807) is 0 Å². The minimum atomic E-state index is 0.108. The lowest BCUT2D eigenvalue weighted by atomic mass is 10.1. The first kappa shape index (κ1) is 13.2. The van der Waals surface area contributed by atoms with Gasteiger partial charge >= 0.3 is 6.03 Å². The third-order valence-electron chi connectivity index (χ3n) is 4.24. The van der Waals surface area contributed by atoms with Crippen LogP contribution in [0.25, 0.3) is 0 Å². The first-order valence-electron chi connectivity index (χ1n) is 7.33. The highest BCUT2D eigenvalue weighted by Crippen LogP contribution is 2.15. The highest BCUT2D eigenvalue weighted by molar-refractivity contribution is 5.77. The summed E-state index contributed by atoms with van der Waals surface area (Å²) in [6, 6.07) is 8.61. The number of rotatable bonds is 4. The maximum Gasteiger partial charge on any atom is 0.317 e. The fourth-order valence-corrected chi connectivity index (χ4v) is 3.06. The molecule has 1 aromatic rings. The molecule has 0 saturated carbocycles. The van der Waals surface area contributed by atoms with Crippen LogP contribution in [0, 0.1) is 0 Å². The molecular weight excluding hydrogens is 252 g/mol. The molecule has 2 saturated heterocycles. The number of nitrogens with zero attached hydrogens (tertiary/aromatic N) is 2. The normalized spacial score (nSPS) is 22.7. The van der Waals surface area contributed by atoms with Crippen LogP contribution in [0.4, 0.5) is 10.5 Å². The highest BCUT2D eigenvalue weighted by atomic mass is 16.2. The molecule has 2 amide bonds. The summed E-state index contributed by atoms with van der Waals surface area (Å²) in [5, 5.41) is 2.92. The van der Waals surface area contributed by atoms with Crippen LogP contribution in [0.2, 0.25) is 0 Å². The van der Waals surface area contributed by atoms with Crippen molar-refractivity contribution in [2.45, 2.75) is 18.9 Å². The molecule has 0 spiro atoms. The molecule has 2 aliphatic heterocycles. The van der Waals surface area contributed by atoms with Crippen molar-refractivity contribution in [2.24, 2.45) is 0 Å². The number of benzene rings is 1. The number of fused-ring (bicyclic) bond motifs is 1. The Kier molecular flexibility index (Phi) is 3.78. The van der Waals surface area contributed by atoms with Gasteiger partial charge in [0.05, 0.1) is 6.04 Å². The zero-order chi connectivity index (χ0) is 13.9. The number of urea groups is 1. The number of anilines is 1. The number of nitrogens with two attached hydrogens (primary N) is 1. The van der Waals surface area contributed by atoms with Crippen LogP contribution in [0.3, 0.4) is 0 Å². The Bertz CT molecular complexity index is 473. The summed E-state index contributed by atoms with van der Waals surface area (Å²) in [6.45, 7) is 4.75. The van der Waals surface area contributed by atoms with Crippen molar-refractivity contribution in [1.82, 2.24) is 15.1 Å². The van der Waals surface area contributed by atoms with Crippen molar-refractivity contribution >= 4 is 11.7 Å². The average Bonchev–Trinajstić information content (AvgIpc) is 2.82. The van der Waals surface area contributed by atoms with E-state index >= 15 is 0 Å². The van der Waals surface area contributed by atoms with E-state index in [1.165, 1.54) is 5.56 Å². The Morgan fingerprint density at radius 1 is 1.25 bits per heavy atom. The Morgan fingerprint density at radius 3 is 2.85 bits per heavy atom. The molecule has 2 fully saturated rings. The number of carbonyl (C=O) groups excluding carboxylic acids is 1. The minimum Gasteiger partial charge on any atom is -0.399 e. The quantitative estimate of drug-likeness (QED) is 0.802. The van der Waals surface area contributed by atoms with Gasteiger partial charge in [-0.1, -0.05) is 12.1 Å². The number of amides is 2. The Balaban J connectivity index is 1.43. The molecule has 3 N–H and O–H groups in total. The fraction of sp³-hybridized carbons (Fsp3) is 0.533. The van der Waals surface area contributed by atoms with E-state index < -0.39 is 0 Å². The molecule has 1 atom stereocenters. The van der Waals surface area contributed by atoms with E-state index in [0.717, 1.165) is 51.3 Å². The lowest BCUT2D eigenvalue weighted by molar-refractivity contribution is 0.120. The number of piperazine rings is 1. The number of aryl methyl sites for hydroxylation is 1. The Morgan fingerprint density at radius 2 is 2.05 bits per heavy atom. The lowest BCUT2D eigenvalue weighted by Gasteiger charge is -2.36. The van der Waals surface area contributed by atoms with Crippen molar-refractivity contribution < 1.29 is 4.79 Å². The van der Waals surface area contributed by atoms with Gasteiger partial charge in [0, 0.05) is 31.9 Å². The third-order valence-corrected chi connectivity index (χ3v) is 4.24. The number of carbonyl (C=O) groups is 1. The molecule has 2 aliphatic rings. The zero-order valence-corrected chi connectivity index (χ0v) is 11.7. The molecule has 1 aromatic carbocycles. The molecular formula is C15H22N4O. The van der Waals surface area contributed by atoms with Crippen molar-refractivity contribution in [3.8, 4) is 0 Å². The van der Waals surface area contributed by atoms with Crippen LogP contribution in [0.15, 0.2) is 24.3 Å². The number of nitrogen functional groups attached to an aromatic ring is 1. The second-order valence-corrected chi connectivity index (χ2v) is 5.68. The van der Waals surface area contributed by atoms with Crippen LogP contribution < -0.4 is 11.1 Å². The van der Waals surface area contributed by atoms with Crippen LogP contribution in [0.1, 0.15) is 12.0 Å². The van der Waals surface area contributed by atoms with Crippen molar-refractivity contribution in [2.75, 3.05) is 38.5 Å². The van der Waals surface area contributed by atoms with Gasteiger partial charge in [0.25, 0.3) is 0 Å². The smallest absolute Gasteiger partial charge is 0.317 e. The SMILES string of the molecule is Nc1ccc(CCCN2CCN3C(=O)NCC3C2)cc1. The minimum absolute atomic E-state index is 0.108. The summed E-state index contributed by atoms with van der Waals surface area (Å²) in [5.74, 6) is 0. The first-order chi connectivity index (χ1) is 9.72. The summed E-state index contributed by atoms with van der Waals surface area (Å²) >= 11 is 0. The molecule has 1 unspecified atom stereocenters. The molecule has 5 heteroatoms. The molecule has 5 nitrogen and oxygen atoms in total. The summed E-state index contributed by atoms with van der Waals surface area (Å²) < 4.78 is 0.